The van der Waals surface area contributed by atoms with E-state index in [1.54, 1.807) is 6.92 Å². The number of ketones is 2. The summed E-state index contributed by atoms with van der Waals surface area (Å²) in [5.74, 6) is -0.00542. The Morgan fingerprint density at radius 2 is 1.91 bits per heavy atom. The van der Waals surface area contributed by atoms with Crippen molar-refractivity contribution in [2.75, 3.05) is 0 Å². The molecule has 0 saturated heterocycles. The second-order valence-electron chi connectivity index (χ2n) is 3.02. The maximum Gasteiger partial charge on any atom is 0.137 e. The lowest BCUT2D eigenvalue weighted by atomic mass is 9.89. The number of hydrogen-bond acceptors (Lipinski definition) is 2. The first-order chi connectivity index (χ1) is 5.13. The molecule has 0 spiro atoms. The van der Waals surface area contributed by atoms with E-state index in [9.17, 15) is 9.59 Å². The van der Waals surface area contributed by atoms with Gasteiger partial charge in [-0.3, -0.25) is 9.59 Å². The van der Waals surface area contributed by atoms with Crippen LogP contribution in [0.1, 0.15) is 20.3 Å². The van der Waals surface area contributed by atoms with Crippen molar-refractivity contribution in [3.05, 3.63) is 12.2 Å². The highest BCUT2D eigenvalue weighted by molar-refractivity contribution is 5.89. The molecule has 1 rings (SSSR count). The van der Waals surface area contributed by atoms with Crippen LogP contribution in [-0.2, 0) is 9.59 Å². The molecule has 0 amide bonds. The monoisotopic (exact) mass is 152 g/mol. The average molecular weight is 152 g/mol. The first-order valence-corrected chi connectivity index (χ1v) is 3.80. The fraction of sp³-hybridized carbons (Fsp3) is 0.556. The predicted octanol–water partition coefficient (Wildman–Crippen LogP) is 1.36. The largest absolute Gasteiger partial charge is 0.300 e. The van der Waals surface area contributed by atoms with E-state index in [4.69, 9.17) is 0 Å². The summed E-state index contributed by atoms with van der Waals surface area (Å²) < 4.78 is 0. The van der Waals surface area contributed by atoms with E-state index >= 15 is 0 Å². The quantitative estimate of drug-likeness (QED) is 0.560. The third-order valence-electron chi connectivity index (χ3n) is 2.16. The molecule has 11 heavy (non-hydrogen) atoms. The third kappa shape index (κ3) is 1.56. The molecule has 0 bridgehead atoms. The summed E-state index contributed by atoms with van der Waals surface area (Å²) in [7, 11) is 0. The molecule has 2 heteroatoms. The number of hydrogen-bond donors (Lipinski definition) is 0. The van der Waals surface area contributed by atoms with Gasteiger partial charge >= 0.3 is 0 Å². The first-order valence-electron chi connectivity index (χ1n) is 3.80. The van der Waals surface area contributed by atoms with Crippen molar-refractivity contribution in [3.63, 3.8) is 0 Å². The summed E-state index contributed by atoms with van der Waals surface area (Å²) in [6.07, 6.45) is 4.49. The van der Waals surface area contributed by atoms with Crippen LogP contribution in [0.25, 0.3) is 0 Å². The fourth-order valence-corrected chi connectivity index (χ4v) is 1.49. The van der Waals surface area contributed by atoms with Crippen molar-refractivity contribution >= 4 is 11.6 Å². The zero-order valence-corrected chi connectivity index (χ0v) is 6.83. The van der Waals surface area contributed by atoms with Crippen LogP contribution in [0.5, 0.6) is 0 Å². The number of allylic oxidation sites excluding steroid dienone is 2. The fourth-order valence-electron chi connectivity index (χ4n) is 1.49. The highest BCUT2D eigenvalue weighted by Crippen LogP contribution is 2.26. The molecular formula is C9H12O2. The molecule has 0 aromatic rings. The Labute approximate surface area is 66.3 Å². The average Bonchev–Trinajstić information content (AvgIpc) is 2.32. The summed E-state index contributed by atoms with van der Waals surface area (Å²) in [6, 6.07) is 0. The van der Waals surface area contributed by atoms with Gasteiger partial charge in [-0.15, -0.1) is 0 Å². The van der Waals surface area contributed by atoms with Gasteiger partial charge in [0.15, 0.2) is 0 Å². The topological polar surface area (TPSA) is 34.1 Å². The highest BCUT2D eigenvalue weighted by Gasteiger charge is 2.29. The Kier molecular flexibility index (Phi) is 2.22. The molecule has 0 heterocycles. The summed E-state index contributed by atoms with van der Waals surface area (Å²) in [4.78, 5) is 21.9. The van der Waals surface area contributed by atoms with E-state index < -0.39 is 0 Å². The van der Waals surface area contributed by atoms with Crippen LogP contribution in [0.3, 0.4) is 0 Å². The van der Waals surface area contributed by atoms with Crippen LogP contribution < -0.4 is 0 Å². The van der Waals surface area contributed by atoms with Crippen LogP contribution in [0, 0.1) is 11.8 Å². The van der Waals surface area contributed by atoms with Gasteiger partial charge in [-0.25, -0.2) is 0 Å². The molecule has 0 aromatic heterocycles. The lowest BCUT2D eigenvalue weighted by Crippen LogP contribution is -2.21. The Balaban J connectivity index is 2.71. The minimum Gasteiger partial charge on any atom is -0.300 e. The molecule has 60 valence electrons. The molecule has 0 saturated carbocycles. The summed E-state index contributed by atoms with van der Waals surface area (Å²) in [6.45, 7) is 3.09. The van der Waals surface area contributed by atoms with E-state index in [2.05, 4.69) is 0 Å². The molecule has 0 N–H and O–H groups in total. The molecule has 0 fully saturated rings. The smallest absolute Gasteiger partial charge is 0.137 e. The van der Waals surface area contributed by atoms with Gasteiger partial charge in [0.2, 0.25) is 0 Å². The lowest BCUT2D eigenvalue weighted by Gasteiger charge is -2.12. The maximum absolute atomic E-state index is 11.0. The van der Waals surface area contributed by atoms with Crippen molar-refractivity contribution in [2.45, 2.75) is 20.3 Å². The third-order valence-corrected chi connectivity index (χ3v) is 2.16. The Hall–Kier alpha value is -0.920. The zero-order valence-electron chi connectivity index (χ0n) is 6.83. The SMILES string of the molecule is CC(=O)C1C=CCC1C(C)=O. The van der Waals surface area contributed by atoms with Crippen molar-refractivity contribution in [1.82, 2.24) is 0 Å². The molecule has 0 aliphatic heterocycles. The van der Waals surface area contributed by atoms with Gasteiger partial charge < -0.3 is 0 Å². The number of rotatable bonds is 2. The van der Waals surface area contributed by atoms with Gasteiger partial charge in [0.25, 0.3) is 0 Å². The van der Waals surface area contributed by atoms with Crippen LogP contribution in [0.2, 0.25) is 0 Å². The van der Waals surface area contributed by atoms with Crippen molar-refractivity contribution in [2.24, 2.45) is 11.8 Å². The molecule has 0 aromatic carbocycles. The molecule has 2 unspecified atom stereocenters. The predicted molar refractivity (Wildman–Crippen MR) is 42.1 cm³/mol. The Bertz CT molecular complexity index is 216. The number of Topliss-reactive ketones (excluding diaryl/α,β-unsaturated/α-hetero) is 2. The zero-order chi connectivity index (χ0) is 8.43. The lowest BCUT2D eigenvalue weighted by molar-refractivity contribution is -0.128. The first kappa shape index (κ1) is 8.18. The van der Waals surface area contributed by atoms with Crippen LogP contribution in [0.4, 0.5) is 0 Å². The molecule has 1 aliphatic carbocycles. The van der Waals surface area contributed by atoms with E-state index in [0.717, 1.165) is 6.42 Å². The van der Waals surface area contributed by atoms with Crippen LogP contribution in [-0.4, -0.2) is 11.6 Å². The van der Waals surface area contributed by atoms with Crippen molar-refractivity contribution in [1.29, 1.82) is 0 Å². The van der Waals surface area contributed by atoms with E-state index in [0.29, 0.717) is 0 Å². The molecule has 2 nitrogen and oxygen atoms in total. The highest BCUT2D eigenvalue weighted by atomic mass is 16.1. The van der Waals surface area contributed by atoms with Crippen molar-refractivity contribution in [3.8, 4) is 0 Å². The Morgan fingerprint density at radius 1 is 1.27 bits per heavy atom. The van der Waals surface area contributed by atoms with Gasteiger partial charge in [0, 0.05) is 11.8 Å². The van der Waals surface area contributed by atoms with Gasteiger partial charge in [-0.05, 0) is 20.3 Å². The minimum atomic E-state index is -0.146. The van der Waals surface area contributed by atoms with Gasteiger partial charge in [0.1, 0.15) is 11.6 Å². The van der Waals surface area contributed by atoms with E-state index in [1.807, 2.05) is 12.2 Å². The van der Waals surface area contributed by atoms with E-state index in [-0.39, 0.29) is 23.4 Å². The number of carbonyl (C=O) groups excluding carboxylic acids is 2. The normalized spacial score (nSPS) is 28.9. The molecular weight excluding hydrogens is 140 g/mol. The van der Waals surface area contributed by atoms with Gasteiger partial charge in [-0.1, -0.05) is 12.2 Å². The maximum atomic E-state index is 11.0. The van der Waals surface area contributed by atoms with E-state index in [1.165, 1.54) is 6.92 Å². The summed E-state index contributed by atoms with van der Waals surface area (Å²) in [5.41, 5.74) is 0. The summed E-state index contributed by atoms with van der Waals surface area (Å²) in [5, 5.41) is 0. The van der Waals surface area contributed by atoms with Gasteiger partial charge in [0.05, 0.1) is 0 Å². The molecule has 0 radical (unpaired) electrons. The standard InChI is InChI=1S/C9H12O2/c1-6(10)8-4-3-5-9(8)7(2)11/h3-4,8-9H,5H2,1-2H3. The van der Waals surface area contributed by atoms with Gasteiger partial charge in [-0.2, -0.15) is 0 Å². The second-order valence-corrected chi connectivity index (χ2v) is 3.02. The van der Waals surface area contributed by atoms with Crippen LogP contribution >= 0.6 is 0 Å². The molecule has 2 atom stereocenters. The van der Waals surface area contributed by atoms with Crippen molar-refractivity contribution < 1.29 is 9.59 Å². The summed E-state index contributed by atoms with van der Waals surface area (Å²) >= 11 is 0. The minimum absolute atomic E-state index is 0.0764. The van der Waals surface area contributed by atoms with Crippen LogP contribution in [0.15, 0.2) is 12.2 Å². The molecule has 1 aliphatic rings. The second kappa shape index (κ2) is 2.99. The number of carbonyl (C=O) groups is 2. The Morgan fingerprint density at radius 3 is 2.27 bits per heavy atom.